The van der Waals surface area contributed by atoms with E-state index in [2.05, 4.69) is 0 Å². The summed E-state index contributed by atoms with van der Waals surface area (Å²) in [6.45, 7) is 3.52. The number of carbonyl (C=O) groups excluding carboxylic acids is 2. The summed E-state index contributed by atoms with van der Waals surface area (Å²) in [7, 11) is 3.68. The molecule has 216 valence electrons. The highest BCUT2D eigenvalue weighted by Crippen LogP contribution is 2.56. The molecule has 7 atom stereocenters. The second-order valence-corrected chi connectivity index (χ2v) is 11.6. The largest absolute Gasteiger partial charge is 0.507 e. The number of hydrogen-bond acceptors (Lipinski definition) is 11. The molecule has 11 nitrogen and oxygen atoms in total. The van der Waals surface area contributed by atoms with Gasteiger partial charge in [0.2, 0.25) is 11.6 Å². The predicted octanol–water partition coefficient (Wildman–Crippen LogP) is 2.01. The van der Waals surface area contributed by atoms with Gasteiger partial charge in [-0.2, -0.15) is 0 Å². The molecule has 3 aliphatic rings. The van der Waals surface area contributed by atoms with E-state index in [1.54, 1.807) is 6.92 Å². The van der Waals surface area contributed by atoms with Crippen molar-refractivity contribution in [1.29, 1.82) is 0 Å². The van der Waals surface area contributed by atoms with Crippen molar-refractivity contribution in [3.05, 3.63) is 45.5 Å². The van der Waals surface area contributed by atoms with Crippen LogP contribution in [0, 0.1) is 5.92 Å². The lowest BCUT2D eigenvalue weighted by Gasteiger charge is -2.46. The van der Waals surface area contributed by atoms with Gasteiger partial charge in [0, 0.05) is 23.6 Å². The Bertz CT molecular complexity index is 1400. The average molecular weight is 558 g/mol. The average Bonchev–Trinajstić information content (AvgIpc) is 2.89. The van der Waals surface area contributed by atoms with Gasteiger partial charge in [-0.15, -0.1) is 0 Å². The smallest absolute Gasteiger partial charge is 0.202 e. The molecule has 5 rings (SSSR count). The van der Waals surface area contributed by atoms with Crippen LogP contribution in [0.2, 0.25) is 0 Å². The van der Waals surface area contributed by atoms with Gasteiger partial charge >= 0.3 is 0 Å². The van der Waals surface area contributed by atoms with E-state index in [0.29, 0.717) is 12.8 Å². The zero-order chi connectivity index (χ0) is 29.4. The Morgan fingerprint density at radius 2 is 1.43 bits per heavy atom. The standard InChI is InChI=1S/C29H35NO10/c1-5-29(39)10-16(40-12-8-11(2)23(33)13(9-12)30(3)4)19-22(28(29)38)27(37)21-20(26(19)36)24(34)17-14(31)6-7-15(32)18(17)25(21)35/h6-7,11-13,16,23,28,31-33,36-39H,5,8-10H2,1-4H3. The Morgan fingerprint density at radius 3 is 1.93 bits per heavy atom. The number of benzene rings is 2. The first-order valence-electron chi connectivity index (χ1n) is 13.4. The maximum atomic E-state index is 13.6. The molecule has 7 unspecified atom stereocenters. The molecule has 40 heavy (non-hydrogen) atoms. The van der Waals surface area contributed by atoms with Crippen molar-refractivity contribution in [2.75, 3.05) is 14.1 Å². The summed E-state index contributed by atoms with van der Waals surface area (Å²) in [4.78, 5) is 28.9. The van der Waals surface area contributed by atoms with Crippen LogP contribution in [0.4, 0.5) is 0 Å². The summed E-state index contributed by atoms with van der Waals surface area (Å²) >= 11 is 0. The molecule has 1 fully saturated rings. The van der Waals surface area contributed by atoms with E-state index in [4.69, 9.17) is 4.74 Å². The lowest BCUT2D eigenvalue weighted by Crippen LogP contribution is -2.50. The molecule has 2 aromatic rings. The summed E-state index contributed by atoms with van der Waals surface area (Å²) in [5.41, 5.74) is -4.57. The van der Waals surface area contributed by atoms with E-state index < -0.39 is 86.8 Å². The lowest BCUT2D eigenvalue weighted by atomic mass is 9.70. The van der Waals surface area contributed by atoms with Gasteiger partial charge in [-0.3, -0.25) is 9.59 Å². The van der Waals surface area contributed by atoms with Gasteiger partial charge in [0.25, 0.3) is 0 Å². The number of phenols is 4. The number of fused-ring (bicyclic) bond motifs is 3. The molecule has 1 saturated carbocycles. The van der Waals surface area contributed by atoms with Crippen LogP contribution in [0.15, 0.2) is 12.1 Å². The minimum Gasteiger partial charge on any atom is -0.507 e. The number of carbonyl (C=O) groups is 2. The van der Waals surface area contributed by atoms with Crippen LogP contribution >= 0.6 is 0 Å². The number of aliphatic hydroxyl groups excluding tert-OH is 2. The molecule has 2 aromatic carbocycles. The molecule has 3 aliphatic carbocycles. The normalized spacial score (nSPS) is 31.6. The fourth-order valence-electron chi connectivity index (χ4n) is 6.65. The van der Waals surface area contributed by atoms with Crippen molar-refractivity contribution in [2.24, 2.45) is 5.92 Å². The van der Waals surface area contributed by atoms with Gasteiger partial charge in [-0.05, 0) is 51.4 Å². The van der Waals surface area contributed by atoms with Crippen molar-refractivity contribution in [3.8, 4) is 23.0 Å². The maximum Gasteiger partial charge on any atom is 0.202 e. The van der Waals surface area contributed by atoms with Gasteiger partial charge in [0.1, 0.15) is 29.1 Å². The van der Waals surface area contributed by atoms with Gasteiger partial charge in [-0.1, -0.05) is 13.8 Å². The van der Waals surface area contributed by atoms with Gasteiger partial charge in [0.05, 0.1) is 46.2 Å². The minimum atomic E-state index is -1.81. The number of nitrogens with zero attached hydrogens (tertiary/aromatic N) is 1. The number of ketones is 2. The van der Waals surface area contributed by atoms with E-state index in [1.165, 1.54) is 0 Å². The number of likely N-dealkylation sites (N-methyl/N-ethyl adjacent to an activating group) is 1. The molecule has 0 amide bonds. The highest BCUT2D eigenvalue weighted by molar-refractivity contribution is 6.32. The number of hydrogen-bond donors (Lipinski definition) is 7. The highest BCUT2D eigenvalue weighted by atomic mass is 16.5. The number of aliphatic hydroxyl groups is 3. The van der Waals surface area contributed by atoms with Crippen molar-refractivity contribution in [1.82, 2.24) is 4.90 Å². The van der Waals surface area contributed by atoms with Crippen LogP contribution < -0.4 is 0 Å². The first kappa shape index (κ1) is 28.3. The van der Waals surface area contributed by atoms with E-state index in [-0.39, 0.29) is 35.9 Å². The Morgan fingerprint density at radius 1 is 0.900 bits per heavy atom. The van der Waals surface area contributed by atoms with Crippen LogP contribution in [0.5, 0.6) is 23.0 Å². The van der Waals surface area contributed by atoms with Gasteiger partial charge in [-0.25, -0.2) is 0 Å². The van der Waals surface area contributed by atoms with Crippen LogP contribution in [-0.2, 0) is 4.74 Å². The Kier molecular flexibility index (Phi) is 6.87. The third kappa shape index (κ3) is 3.99. The molecular weight excluding hydrogens is 522 g/mol. The Labute approximate surface area is 230 Å². The predicted molar refractivity (Wildman–Crippen MR) is 141 cm³/mol. The zero-order valence-electron chi connectivity index (χ0n) is 22.7. The monoisotopic (exact) mass is 557 g/mol. The Hall–Kier alpha value is -3.22. The van der Waals surface area contributed by atoms with E-state index >= 15 is 0 Å². The highest BCUT2D eigenvalue weighted by Gasteiger charge is 2.51. The molecule has 0 radical (unpaired) electrons. The minimum absolute atomic E-state index is 0.0369. The molecule has 0 saturated heterocycles. The third-order valence-corrected chi connectivity index (χ3v) is 8.99. The van der Waals surface area contributed by atoms with E-state index in [1.807, 2.05) is 25.9 Å². The fraction of sp³-hybridized carbons (Fsp3) is 0.517. The van der Waals surface area contributed by atoms with Crippen LogP contribution in [-0.4, -0.2) is 90.2 Å². The van der Waals surface area contributed by atoms with Crippen LogP contribution in [0.25, 0.3) is 0 Å². The molecule has 0 aromatic heterocycles. The van der Waals surface area contributed by atoms with E-state index in [9.17, 15) is 45.3 Å². The van der Waals surface area contributed by atoms with E-state index in [0.717, 1.165) is 12.1 Å². The third-order valence-electron chi connectivity index (χ3n) is 8.99. The second-order valence-electron chi connectivity index (χ2n) is 11.6. The summed E-state index contributed by atoms with van der Waals surface area (Å²) in [6, 6.07) is 1.83. The number of rotatable bonds is 4. The molecule has 0 heterocycles. The molecular formula is C29H35NO10. The molecule has 0 aliphatic heterocycles. The lowest BCUT2D eigenvalue weighted by molar-refractivity contribution is -0.154. The zero-order valence-corrected chi connectivity index (χ0v) is 22.7. The summed E-state index contributed by atoms with van der Waals surface area (Å²) in [5, 5.41) is 77.0. The quantitative estimate of drug-likeness (QED) is 0.232. The summed E-state index contributed by atoms with van der Waals surface area (Å²) < 4.78 is 6.44. The van der Waals surface area contributed by atoms with Crippen molar-refractivity contribution >= 4 is 11.6 Å². The van der Waals surface area contributed by atoms with Crippen molar-refractivity contribution in [3.63, 3.8) is 0 Å². The van der Waals surface area contributed by atoms with Crippen molar-refractivity contribution < 1.29 is 50.1 Å². The SMILES string of the molecule is CCC1(O)CC(OC2CC(C)C(O)C(N(C)C)C2)c2c(O)c3c(c(O)c2C1O)C(=O)c1c(O)ccc(O)c1C3=O. The van der Waals surface area contributed by atoms with Gasteiger partial charge < -0.3 is 45.4 Å². The second kappa shape index (κ2) is 9.71. The molecule has 0 spiro atoms. The molecule has 7 N–H and O–H groups in total. The number of aromatic hydroxyl groups is 4. The van der Waals surface area contributed by atoms with Gasteiger partial charge in [0.15, 0.2) is 0 Å². The summed E-state index contributed by atoms with van der Waals surface area (Å²) in [6.07, 6.45) is -3.16. The maximum absolute atomic E-state index is 13.6. The number of phenolic OH excluding ortho intramolecular Hbond substituents is 4. The van der Waals surface area contributed by atoms with Crippen LogP contribution in [0.1, 0.15) is 94.7 Å². The number of ether oxygens (including phenoxy) is 1. The molecule has 11 heteroatoms. The van der Waals surface area contributed by atoms with Crippen molar-refractivity contribution in [2.45, 2.75) is 75.6 Å². The fourth-order valence-corrected chi connectivity index (χ4v) is 6.65. The topological polar surface area (TPSA) is 188 Å². The molecule has 0 bridgehead atoms. The first-order valence-corrected chi connectivity index (χ1v) is 13.4. The van der Waals surface area contributed by atoms with Crippen LogP contribution in [0.3, 0.4) is 0 Å². The first-order chi connectivity index (χ1) is 18.7. The Balaban J connectivity index is 1.69. The summed E-state index contributed by atoms with van der Waals surface area (Å²) in [5.74, 6) is -4.91.